The summed E-state index contributed by atoms with van der Waals surface area (Å²) < 4.78 is 11.0. The first kappa shape index (κ1) is 21.5. The summed E-state index contributed by atoms with van der Waals surface area (Å²) in [6.45, 7) is 4.42. The Balaban J connectivity index is 1.57. The van der Waals surface area contributed by atoms with Crippen molar-refractivity contribution in [1.29, 1.82) is 0 Å². The Bertz CT molecular complexity index is 1180. The maximum absolute atomic E-state index is 12.9. The number of hydrogen-bond acceptors (Lipinski definition) is 3. The molecule has 0 bridgehead atoms. The van der Waals surface area contributed by atoms with Gasteiger partial charge < -0.3 is 19.8 Å². The van der Waals surface area contributed by atoms with Crippen molar-refractivity contribution in [2.75, 3.05) is 13.7 Å². The number of methoxy groups -OCH3 is 1. The zero-order chi connectivity index (χ0) is 22.5. The summed E-state index contributed by atoms with van der Waals surface area (Å²) in [6.07, 6.45) is 2.13. The van der Waals surface area contributed by atoms with Gasteiger partial charge in [0.15, 0.2) is 0 Å². The lowest BCUT2D eigenvalue weighted by molar-refractivity contribution is 0.0952. The van der Waals surface area contributed by atoms with Crippen LogP contribution in [-0.4, -0.2) is 30.6 Å². The maximum Gasteiger partial charge on any atom is 0.251 e. The van der Waals surface area contributed by atoms with Crippen molar-refractivity contribution in [2.24, 2.45) is 0 Å². The highest BCUT2D eigenvalue weighted by atomic mass is 16.5. The number of ether oxygens (including phenoxy) is 2. The van der Waals surface area contributed by atoms with Crippen molar-refractivity contribution in [2.45, 2.75) is 25.9 Å². The number of rotatable bonds is 8. The summed E-state index contributed by atoms with van der Waals surface area (Å²) in [4.78, 5) is 16.2. The zero-order valence-corrected chi connectivity index (χ0v) is 18.6. The summed E-state index contributed by atoms with van der Waals surface area (Å²) in [7, 11) is 1.66. The normalized spacial score (nSPS) is 12.0. The fourth-order valence-electron chi connectivity index (χ4n) is 3.88. The molecule has 0 radical (unpaired) electrons. The molecule has 1 atom stereocenters. The number of para-hydroxylation sites is 1. The highest BCUT2D eigenvalue weighted by Crippen LogP contribution is 2.31. The smallest absolute Gasteiger partial charge is 0.251 e. The van der Waals surface area contributed by atoms with E-state index in [1.165, 1.54) is 0 Å². The van der Waals surface area contributed by atoms with E-state index in [-0.39, 0.29) is 17.9 Å². The minimum atomic E-state index is -0.112. The lowest BCUT2D eigenvalue weighted by atomic mass is 9.90. The SMILES string of the molecule is COc1ccc([C@@H](CNC(=O)c2ccc(OC(C)C)cc2)c2c[nH]c3ccccc23)cc1. The molecule has 1 aromatic heterocycles. The fourth-order valence-corrected chi connectivity index (χ4v) is 3.88. The molecule has 164 valence electrons. The fraction of sp³-hybridized carbons (Fsp3) is 0.222. The van der Waals surface area contributed by atoms with Gasteiger partial charge in [-0.15, -0.1) is 0 Å². The van der Waals surface area contributed by atoms with Crippen molar-refractivity contribution >= 4 is 16.8 Å². The third-order valence-corrected chi connectivity index (χ3v) is 5.47. The Morgan fingerprint density at radius 2 is 1.62 bits per heavy atom. The van der Waals surface area contributed by atoms with Gasteiger partial charge in [0, 0.05) is 35.1 Å². The maximum atomic E-state index is 12.9. The minimum absolute atomic E-state index is 0.00967. The van der Waals surface area contributed by atoms with Gasteiger partial charge in [-0.1, -0.05) is 30.3 Å². The predicted molar refractivity (Wildman–Crippen MR) is 128 cm³/mol. The number of hydrogen-bond donors (Lipinski definition) is 2. The second-order valence-corrected chi connectivity index (χ2v) is 8.02. The number of aromatic nitrogens is 1. The Morgan fingerprint density at radius 1 is 0.938 bits per heavy atom. The van der Waals surface area contributed by atoms with Gasteiger partial charge in [0.05, 0.1) is 13.2 Å². The Labute approximate surface area is 188 Å². The zero-order valence-electron chi connectivity index (χ0n) is 18.6. The molecular weight excluding hydrogens is 400 g/mol. The molecule has 3 aromatic carbocycles. The molecule has 32 heavy (non-hydrogen) atoms. The van der Waals surface area contributed by atoms with E-state index in [0.29, 0.717) is 12.1 Å². The monoisotopic (exact) mass is 428 g/mol. The summed E-state index contributed by atoms with van der Waals surface area (Å²) in [6, 6.07) is 23.5. The van der Waals surface area contributed by atoms with Gasteiger partial charge in [0.2, 0.25) is 0 Å². The van der Waals surface area contributed by atoms with Crippen LogP contribution in [0.15, 0.2) is 79.0 Å². The van der Waals surface area contributed by atoms with Crippen molar-refractivity contribution < 1.29 is 14.3 Å². The van der Waals surface area contributed by atoms with Crippen LogP contribution in [0.25, 0.3) is 10.9 Å². The van der Waals surface area contributed by atoms with Crippen LogP contribution in [0.2, 0.25) is 0 Å². The van der Waals surface area contributed by atoms with Crippen molar-refractivity contribution in [3.63, 3.8) is 0 Å². The molecule has 0 aliphatic rings. The Hall–Kier alpha value is -3.73. The minimum Gasteiger partial charge on any atom is -0.497 e. The number of fused-ring (bicyclic) bond motifs is 1. The van der Waals surface area contributed by atoms with Crippen LogP contribution in [0.3, 0.4) is 0 Å². The molecule has 1 heterocycles. The highest BCUT2D eigenvalue weighted by molar-refractivity contribution is 5.94. The molecule has 0 fully saturated rings. The van der Waals surface area contributed by atoms with Crippen LogP contribution in [-0.2, 0) is 0 Å². The van der Waals surface area contributed by atoms with E-state index in [2.05, 4.69) is 34.6 Å². The molecule has 5 nitrogen and oxygen atoms in total. The topological polar surface area (TPSA) is 63.4 Å². The summed E-state index contributed by atoms with van der Waals surface area (Å²) in [5.41, 5.74) is 3.94. The summed E-state index contributed by atoms with van der Waals surface area (Å²) >= 11 is 0. The van der Waals surface area contributed by atoms with E-state index in [1.54, 1.807) is 19.2 Å². The van der Waals surface area contributed by atoms with Crippen molar-refractivity contribution in [3.05, 3.63) is 95.7 Å². The highest BCUT2D eigenvalue weighted by Gasteiger charge is 2.19. The van der Waals surface area contributed by atoms with E-state index < -0.39 is 0 Å². The second-order valence-electron chi connectivity index (χ2n) is 8.02. The van der Waals surface area contributed by atoms with Gasteiger partial charge in [-0.2, -0.15) is 0 Å². The number of benzene rings is 3. The van der Waals surface area contributed by atoms with Crippen LogP contribution in [0.4, 0.5) is 0 Å². The standard InChI is InChI=1S/C27H28N2O3/c1-18(2)32-22-14-10-20(11-15-22)27(30)29-16-24(19-8-12-21(31-3)13-9-19)25-17-28-26-7-5-4-6-23(25)26/h4-15,17-18,24,28H,16H2,1-3H3,(H,29,30)/t24-/m1/s1. The van der Waals surface area contributed by atoms with Crippen molar-refractivity contribution in [3.8, 4) is 11.5 Å². The molecule has 0 saturated carbocycles. The van der Waals surface area contributed by atoms with Gasteiger partial charge in [0.25, 0.3) is 5.91 Å². The average molecular weight is 429 g/mol. The molecular formula is C27H28N2O3. The van der Waals surface area contributed by atoms with Gasteiger partial charge >= 0.3 is 0 Å². The molecule has 0 unspecified atom stereocenters. The van der Waals surface area contributed by atoms with E-state index >= 15 is 0 Å². The number of nitrogens with one attached hydrogen (secondary N) is 2. The molecule has 0 spiro atoms. The van der Waals surface area contributed by atoms with Gasteiger partial charge in [-0.05, 0) is 67.4 Å². The number of H-pyrrole nitrogens is 1. The van der Waals surface area contributed by atoms with Crippen LogP contribution >= 0.6 is 0 Å². The first-order chi connectivity index (χ1) is 15.5. The van der Waals surface area contributed by atoms with E-state index in [9.17, 15) is 4.79 Å². The molecule has 0 aliphatic heterocycles. The van der Waals surface area contributed by atoms with Gasteiger partial charge in [-0.25, -0.2) is 0 Å². The molecule has 5 heteroatoms. The molecule has 0 aliphatic carbocycles. The van der Waals surface area contributed by atoms with Gasteiger partial charge in [0.1, 0.15) is 11.5 Å². The van der Waals surface area contributed by atoms with Crippen LogP contribution < -0.4 is 14.8 Å². The van der Waals surface area contributed by atoms with Crippen LogP contribution in [0.1, 0.15) is 41.3 Å². The Kier molecular flexibility index (Phi) is 6.45. The molecule has 2 N–H and O–H groups in total. The van der Waals surface area contributed by atoms with Crippen LogP contribution in [0, 0.1) is 0 Å². The molecule has 1 amide bonds. The largest absolute Gasteiger partial charge is 0.497 e. The number of carbonyl (C=O) groups is 1. The first-order valence-electron chi connectivity index (χ1n) is 10.8. The van der Waals surface area contributed by atoms with Gasteiger partial charge in [-0.3, -0.25) is 4.79 Å². The summed E-state index contributed by atoms with van der Waals surface area (Å²) in [5, 5.41) is 4.27. The van der Waals surface area contributed by atoms with E-state index in [0.717, 1.165) is 33.5 Å². The Morgan fingerprint density at radius 3 is 2.31 bits per heavy atom. The van der Waals surface area contributed by atoms with E-state index in [1.807, 2.05) is 56.4 Å². The third kappa shape index (κ3) is 4.78. The number of carbonyl (C=O) groups excluding carboxylic acids is 1. The third-order valence-electron chi connectivity index (χ3n) is 5.47. The lowest BCUT2D eigenvalue weighted by Gasteiger charge is -2.19. The van der Waals surface area contributed by atoms with E-state index in [4.69, 9.17) is 9.47 Å². The number of aromatic amines is 1. The quantitative estimate of drug-likeness (QED) is 0.388. The average Bonchev–Trinajstić information content (AvgIpc) is 3.23. The second kappa shape index (κ2) is 9.60. The molecule has 4 rings (SSSR count). The van der Waals surface area contributed by atoms with Crippen molar-refractivity contribution in [1.82, 2.24) is 10.3 Å². The lowest BCUT2D eigenvalue weighted by Crippen LogP contribution is -2.28. The predicted octanol–water partition coefficient (Wildman–Crippen LogP) is 5.53. The first-order valence-corrected chi connectivity index (χ1v) is 10.8. The molecule has 0 saturated heterocycles. The molecule has 4 aromatic rings. The summed E-state index contributed by atoms with van der Waals surface area (Å²) in [5.74, 6) is 1.44. The van der Waals surface area contributed by atoms with Crippen LogP contribution in [0.5, 0.6) is 11.5 Å². The number of amides is 1.